The Morgan fingerprint density at radius 3 is 2.52 bits per heavy atom. The van der Waals surface area contributed by atoms with Gasteiger partial charge in [0.25, 0.3) is 0 Å². The lowest BCUT2D eigenvalue weighted by atomic mass is 10.0. The minimum Gasteiger partial charge on any atom is -0.496 e. The molecule has 0 spiro atoms. The highest BCUT2D eigenvalue weighted by molar-refractivity contribution is 9.10. The van der Waals surface area contributed by atoms with E-state index in [1.165, 1.54) is 7.11 Å². The van der Waals surface area contributed by atoms with Crippen molar-refractivity contribution in [1.29, 1.82) is 0 Å². The molecule has 1 atom stereocenters. The van der Waals surface area contributed by atoms with Crippen molar-refractivity contribution < 1.29 is 19.4 Å². The quantitative estimate of drug-likeness (QED) is 0.785. The zero-order valence-electron chi connectivity index (χ0n) is 12.4. The first kappa shape index (κ1) is 17.5. The van der Waals surface area contributed by atoms with Gasteiger partial charge in [0.1, 0.15) is 5.75 Å². The number of carboxylic acid groups (broad SMARTS) is 1. The average Bonchev–Trinajstić information content (AvgIpc) is 2.42. The summed E-state index contributed by atoms with van der Waals surface area (Å²) in [6, 6.07) is 3.87. The number of amides is 1. The molecule has 1 aromatic carbocycles. The number of nitrogens with one attached hydrogen (secondary N) is 1. The van der Waals surface area contributed by atoms with Crippen LogP contribution in [-0.4, -0.2) is 24.1 Å². The van der Waals surface area contributed by atoms with Crippen molar-refractivity contribution in [2.75, 3.05) is 7.11 Å². The zero-order valence-corrected chi connectivity index (χ0v) is 13.9. The molecule has 0 aromatic heterocycles. The van der Waals surface area contributed by atoms with E-state index < -0.39 is 12.0 Å². The van der Waals surface area contributed by atoms with Crippen LogP contribution in [0.4, 0.5) is 0 Å². The Labute approximate surface area is 132 Å². The van der Waals surface area contributed by atoms with E-state index in [0.29, 0.717) is 28.1 Å². The van der Waals surface area contributed by atoms with Gasteiger partial charge in [-0.25, -0.2) is 4.79 Å². The summed E-state index contributed by atoms with van der Waals surface area (Å²) >= 11 is 3.31. The molecule has 1 amide bonds. The maximum absolute atomic E-state index is 11.8. The SMILES string of the molecule is COc1ccc(C(NC(=O)CCC(C)C)C(=O)O)cc1Br. The minimum atomic E-state index is -1.09. The van der Waals surface area contributed by atoms with Crippen LogP contribution in [0.2, 0.25) is 0 Å². The Hall–Kier alpha value is -1.56. The molecule has 1 unspecified atom stereocenters. The number of carbonyl (C=O) groups excluding carboxylic acids is 1. The highest BCUT2D eigenvalue weighted by Gasteiger charge is 2.22. The largest absolute Gasteiger partial charge is 0.496 e. The van der Waals surface area contributed by atoms with Gasteiger partial charge >= 0.3 is 5.97 Å². The Balaban J connectivity index is 2.85. The van der Waals surface area contributed by atoms with Gasteiger partial charge in [-0.1, -0.05) is 19.9 Å². The Morgan fingerprint density at radius 1 is 1.38 bits per heavy atom. The molecule has 116 valence electrons. The Kier molecular flexibility index (Phi) is 6.68. The Bertz CT molecular complexity index is 516. The summed E-state index contributed by atoms with van der Waals surface area (Å²) in [5.74, 6) is -0.351. The van der Waals surface area contributed by atoms with Crippen LogP contribution >= 0.6 is 15.9 Å². The van der Waals surface area contributed by atoms with Gasteiger partial charge < -0.3 is 15.2 Å². The van der Waals surface area contributed by atoms with E-state index >= 15 is 0 Å². The fourth-order valence-corrected chi connectivity index (χ4v) is 2.36. The van der Waals surface area contributed by atoms with Crippen molar-refractivity contribution in [3.8, 4) is 5.75 Å². The fraction of sp³-hybridized carbons (Fsp3) is 0.467. The number of methoxy groups -OCH3 is 1. The smallest absolute Gasteiger partial charge is 0.330 e. The summed E-state index contributed by atoms with van der Waals surface area (Å²) in [6.07, 6.45) is 1.04. The van der Waals surface area contributed by atoms with Crippen LogP contribution in [0.3, 0.4) is 0 Å². The highest BCUT2D eigenvalue weighted by atomic mass is 79.9. The molecule has 1 rings (SSSR count). The lowest BCUT2D eigenvalue weighted by Gasteiger charge is -2.16. The van der Waals surface area contributed by atoms with E-state index in [9.17, 15) is 14.7 Å². The van der Waals surface area contributed by atoms with E-state index in [1.54, 1.807) is 18.2 Å². The van der Waals surface area contributed by atoms with Gasteiger partial charge in [-0.2, -0.15) is 0 Å². The van der Waals surface area contributed by atoms with Crippen molar-refractivity contribution in [2.24, 2.45) is 5.92 Å². The lowest BCUT2D eigenvalue weighted by Crippen LogP contribution is -2.33. The molecular formula is C15H20BrNO4. The number of rotatable bonds is 7. The third-order valence-electron chi connectivity index (χ3n) is 3.01. The van der Waals surface area contributed by atoms with Gasteiger partial charge in [-0.05, 0) is 46.0 Å². The predicted octanol–water partition coefficient (Wildman–Crippen LogP) is 3.14. The standard InChI is InChI=1S/C15H20BrNO4/c1-9(2)4-7-13(18)17-14(15(19)20)10-5-6-12(21-3)11(16)8-10/h5-6,8-9,14H,4,7H2,1-3H3,(H,17,18)(H,19,20). The average molecular weight is 358 g/mol. The van der Waals surface area contributed by atoms with E-state index in [1.807, 2.05) is 13.8 Å². The molecule has 1 aromatic rings. The van der Waals surface area contributed by atoms with Crippen molar-refractivity contribution >= 4 is 27.8 Å². The van der Waals surface area contributed by atoms with E-state index in [-0.39, 0.29) is 5.91 Å². The predicted molar refractivity (Wildman–Crippen MR) is 83.3 cm³/mol. The molecule has 6 heteroatoms. The monoisotopic (exact) mass is 357 g/mol. The van der Waals surface area contributed by atoms with Crippen LogP contribution in [0, 0.1) is 5.92 Å². The first-order valence-electron chi connectivity index (χ1n) is 6.70. The normalized spacial score (nSPS) is 12.0. The summed E-state index contributed by atoms with van der Waals surface area (Å²) in [6.45, 7) is 4.03. The molecule has 0 saturated carbocycles. The molecule has 0 radical (unpaired) electrons. The molecule has 0 aliphatic carbocycles. The molecule has 0 fully saturated rings. The molecule has 0 saturated heterocycles. The molecule has 0 bridgehead atoms. The summed E-state index contributed by atoms with van der Waals surface area (Å²) in [5.41, 5.74) is 0.494. The van der Waals surface area contributed by atoms with Crippen molar-refractivity contribution in [3.63, 3.8) is 0 Å². The third kappa shape index (κ3) is 5.38. The van der Waals surface area contributed by atoms with E-state index in [2.05, 4.69) is 21.2 Å². The molecule has 21 heavy (non-hydrogen) atoms. The van der Waals surface area contributed by atoms with E-state index in [0.717, 1.165) is 6.42 Å². The van der Waals surface area contributed by atoms with Crippen LogP contribution in [0.15, 0.2) is 22.7 Å². The summed E-state index contributed by atoms with van der Waals surface area (Å²) < 4.78 is 5.75. The first-order valence-corrected chi connectivity index (χ1v) is 7.50. The van der Waals surface area contributed by atoms with Gasteiger partial charge in [0.05, 0.1) is 11.6 Å². The van der Waals surface area contributed by atoms with Gasteiger partial charge in [-0.3, -0.25) is 4.79 Å². The number of hydrogen-bond acceptors (Lipinski definition) is 3. The van der Waals surface area contributed by atoms with Crippen molar-refractivity contribution in [3.05, 3.63) is 28.2 Å². The molecule has 0 heterocycles. The van der Waals surface area contributed by atoms with Crippen LogP contribution < -0.4 is 10.1 Å². The summed E-state index contributed by atoms with van der Waals surface area (Å²) in [4.78, 5) is 23.2. The van der Waals surface area contributed by atoms with Gasteiger partial charge in [-0.15, -0.1) is 0 Å². The molecule has 0 aliphatic heterocycles. The van der Waals surface area contributed by atoms with E-state index in [4.69, 9.17) is 4.74 Å². The number of aliphatic carboxylic acids is 1. The lowest BCUT2D eigenvalue weighted by molar-refractivity contribution is -0.142. The molecule has 2 N–H and O–H groups in total. The number of hydrogen-bond donors (Lipinski definition) is 2. The maximum Gasteiger partial charge on any atom is 0.330 e. The zero-order chi connectivity index (χ0) is 16.0. The topological polar surface area (TPSA) is 75.6 Å². The number of ether oxygens (including phenoxy) is 1. The molecule has 0 aliphatic rings. The van der Waals surface area contributed by atoms with Crippen molar-refractivity contribution in [1.82, 2.24) is 5.32 Å². The van der Waals surface area contributed by atoms with Crippen LogP contribution in [0.1, 0.15) is 38.3 Å². The second kappa shape index (κ2) is 8.02. The van der Waals surface area contributed by atoms with Crippen LogP contribution in [0.5, 0.6) is 5.75 Å². The van der Waals surface area contributed by atoms with Crippen LogP contribution in [0.25, 0.3) is 0 Å². The summed E-state index contributed by atoms with van der Waals surface area (Å²) in [5, 5.41) is 11.9. The van der Waals surface area contributed by atoms with Crippen molar-refractivity contribution in [2.45, 2.75) is 32.7 Å². The first-order chi connectivity index (χ1) is 9.85. The number of benzene rings is 1. The number of carbonyl (C=O) groups is 2. The third-order valence-corrected chi connectivity index (χ3v) is 3.63. The fourth-order valence-electron chi connectivity index (χ4n) is 1.80. The van der Waals surface area contributed by atoms with Crippen LogP contribution in [-0.2, 0) is 9.59 Å². The van der Waals surface area contributed by atoms with Gasteiger partial charge in [0.2, 0.25) is 5.91 Å². The summed E-state index contributed by atoms with van der Waals surface area (Å²) in [7, 11) is 1.53. The van der Waals surface area contributed by atoms with Gasteiger partial charge in [0, 0.05) is 6.42 Å². The number of carboxylic acids is 1. The van der Waals surface area contributed by atoms with Gasteiger partial charge in [0.15, 0.2) is 6.04 Å². The Morgan fingerprint density at radius 2 is 2.05 bits per heavy atom. The maximum atomic E-state index is 11.8. The minimum absolute atomic E-state index is 0.261. The second-order valence-electron chi connectivity index (χ2n) is 5.17. The molecular weight excluding hydrogens is 338 g/mol. The molecule has 5 nitrogen and oxygen atoms in total. The number of halogens is 1. The highest BCUT2D eigenvalue weighted by Crippen LogP contribution is 2.28. The second-order valence-corrected chi connectivity index (χ2v) is 6.02.